The molecule has 4 aromatic rings. The third kappa shape index (κ3) is 3.93. The number of sulfone groups is 1. The summed E-state index contributed by atoms with van der Waals surface area (Å²) in [7, 11) is -3.26. The molecule has 2 N–H and O–H groups in total. The molecular weight excluding hydrogens is 384 g/mol. The SMILES string of the molecule is Cc1ccc(-c2[nH]c(-c3ccc(O)cc3)nc2-c2ccc(S(C)(=O)=O)cc2)cc1. The molecule has 0 radical (unpaired) electrons. The summed E-state index contributed by atoms with van der Waals surface area (Å²) in [5.41, 5.74) is 5.38. The summed E-state index contributed by atoms with van der Waals surface area (Å²) in [5, 5.41) is 9.56. The van der Waals surface area contributed by atoms with Crippen molar-refractivity contribution in [3.63, 3.8) is 0 Å². The summed E-state index contributed by atoms with van der Waals surface area (Å²) < 4.78 is 23.6. The van der Waals surface area contributed by atoms with Crippen LogP contribution in [0.4, 0.5) is 0 Å². The summed E-state index contributed by atoms with van der Waals surface area (Å²) in [6, 6.07) is 21.7. The summed E-state index contributed by atoms with van der Waals surface area (Å²) in [4.78, 5) is 8.44. The van der Waals surface area contributed by atoms with Gasteiger partial charge in [-0.2, -0.15) is 0 Å². The molecule has 0 unspecified atom stereocenters. The molecule has 0 fully saturated rings. The third-order valence-corrected chi connectivity index (χ3v) is 5.87. The Morgan fingerprint density at radius 1 is 0.793 bits per heavy atom. The summed E-state index contributed by atoms with van der Waals surface area (Å²) >= 11 is 0. The van der Waals surface area contributed by atoms with Gasteiger partial charge in [0.15, 0.2) is 9.84 Å². The minimum atomic E-state index is -3.26. The van der Waals surface area contributed by atoms with Crippen LogP contribution in [0.25, 0.3) is 33.9 Å². The Morgan fingerprint density at radius 2 is 1.34 bits per heavy atom. The molecule has 6 heteroatoms. The second-order valence-corrected chi connectivity index (χ2v) is 9.03. The van der Waals surface area contributed by atoms with E-state index in [1.54, 1.807) is 48.5 Å². The van der Waals surface area contributed by atoms with E-state index in [4.69, 9.17) is 4.98 Å². The fourth-order valence-corrected chi connectivity index (χ4v) is 3.76. The van der Waals surface area contributed by atoms with Crippen LogP contribution in [0.15, 0.2) is 77.7 Å². The maximum Gasteiger partial charge on any atom is 0.175 e. The molecule has 0 atom stereocenters. The highest BCUT2D eigenvalue weighted by molar-refractivity contribution is 7.90. The smallest absolute Gasteiger partial charge is 0.175 e. The fraction of sp³-hybridized carbons (Fsp3) is 0.0870. The molecule has 0 aliphatic carbocycles. The molecule has 4 rings (SSSR count). The van der Waals surface area contributed by atoms with Crippen molar-refractivity contribution in [1.29, 1.82) is 0 Å². The number of nitrogens with one attached hydrogen (secondary N) is 1. The first-order valence-electron chi connectivity index (χ1n) is 9.08. The molecule has 1 heterocycles. The van der Waals surface area contributed by atoms with Gasteiger partial charge in [0.25, 0.3) is 0 Å². The van der Waals surface area contributed by atoms with Gasteiger partial charge in [-0.05, 0) is 43.3 Å². The Bertz CT molecular complexity index is 1260. The number of hydrogen-bond donors (Lipinski definition) is 2. The van der Waals surface area contributed by atoms with Crippen LogP contribution in [0.1, 0.15) is 5.56 Å². The first-order valence-corrected chi connectivity index (χ1v) is 11.0. The van der Waals surface area contributed by atoms with E-state index >= 15 is 0 Å². The first-order chi connectivity index (χ1) is 13.8. The molecule has 146 valence electrons. The van der Waals surface area contributed by atoms with Gasteiger partial charge >= 0.3 is 0 Å². The monoisotopic (exact) mass is 404 g/mol. The Balaban J connectivity index is 1.86. The number of aromatic nitrogens is 2. The van der Waals surface area contributed by atoms with Crippen molar-refractivity contribution in [3.8, 4) is 39.7 Å². The first kappa shape index (κ1) is 19.0. The molecule has 0 spiro atoms. The number of rotatable bonds is 4. The Labute approximate surface area is 169 Å². The van der Waals surface area contributed by atoms with Gasteiger partial charge in [0.2, 0.25) is 0 Å². The van der Waals surface area contributed by atoms with Crippen molar-refractivity contribution in [1.82, 2.24) is 9.97 Å². The third-order valence-electron chi connectivity index (χ3n) is 4.74. The minimum absolute atomic E-state index is 0.190. The number of phenolic OH excluding ortho intramolecular Hbond substituents is 1. The molecule has 0 saturated carbocycles. The van der Waals surface area contributed by atoms with Crippen LogP contribution in [0.2, 0.25) is 0 Å². The summed E-state index contributed by atoms with van der Waals surface area (Å²) in [6.07, 6.45) is 1.19. The van der Waals surface area contributed by atoms with Crippen LogP contribution in [-0.4, -0.2) is 29.7 Å². The summed E-state index contributed by atoms with van der Waals surface area (Å²) in [5.74, 6) is 0.860. The molecule has 0 amide bonds. The van der Waals surface area contributed by atoms with Crippen molar-refractivity contribution >= 4 is 9.84 Å². The highest BCUT2D eigenvalue weighted by atomic mass is 32.2. The number of imidazole rings is 1. The second kappa shape index (κ2) is 7.22. The van der Waals surface area contributed by atoms with Gasteiger partial charge in [0.1, 0.15) is 11.6 Å². The highest BCUT2D eigenvalue weighted by Crippen LogP contribution is 2.34. The number of benzene rings is 3. The molecule has 3 aromatic carbocycles. The van der Waals surface area contributed by atoms with Crippen LogP contribution < -0.4 is 0 Å². The van der Waals surface area contributed by atoms with Gasteiger partial charge in [-0.15, -0.1) is 0 Å². The average Bonchev–Trinajstić information content (AvgIpc) is 3.14. The molecule has 0 aliphatic rings. The average molecular weight is 404 g/mol. The predicted molar refractivity (Wildman–Crippen MR) is 114 cm³/mol. The molecule has 1 aromatic heterocycles. The van der Waals surface area contributed by atoms with Crippen LogP contribution in [0, 0.1) is 6.92 Å². The lowest BCUT2D eigenvalue weighted by Gasteiger charge is -2.05. The van der Waals surface area contributed by atoms with E-state index in [0.29, 0.717) is 5.82 Å². The van der Waals surface area contributed by atoms with E-state index in [2.05, 4.69) is 4.98 Å². The zero-order valence-electron chi connectivity index (χ0n) is 16.0. The van der Waals surface area contributed by atoms with Crippen LogP contribution in [0.3, 0.4) is 0 Å². The fourth-order valence-electron chi connectivity index (χ4n) is 3.13. The van der Waals surface area contributed by atoms with Crippen molar-refractivity contribution < 1.29 is 13.5 Å². The van der Waals surface area contributed by atoms with Gasteiger partial charge in [-0.25, -0.2) is 13.4 Å². The van der Waals surface area contributed by atoms with Crippen LogP contribution in [-0.2, 0) is 9.84 Å². The van der Waals surface area contributed by atoms with E-state index in [1.807, 2.05) is 31.2 Å². The number of phenols is 1. The normalized spacial score (nSPS) is 11.5. The lowest BCUT2D eigenvalue weighted by Crippen LogP contribution is -1.96. The zero-order valence-corrected chi connectivity index (χ0v) is 16.9. The van der Waals surface area contributed by atoms with E-state index in [0.717, 1.165) is 33.6 Å². The Hall–Kier alpha value is -3.38. The molecule has 29 heavy (non-hydrogen) atoms. The molecule has 0 aliphatic heterocycles. The van der Waals surface area contributed by atoms with E-state index in [-0.39, 0.29) is 10.6 Å². The lowest BCUT2D eigenvalue weighted by atomic mass is 10.0. The molecule has 0 saturated heterocycles. The van der Waals surface area contributed by atoms with Crippen LogP contribution in [0.5, 0.6) is 5.75 Å². The van der Waals surface area contributed by atoms with Crippen molar-refractivity contribution in [2.24, 2.45) is 0 Å². The molecule has 0 bridgehead atoms. The van der Waals surface area contributed by atoms with Gasteiger partial charge in [0, 0.05) is 22.9 Å². The quantitative estimate of drug-likeness (QED) is 0.510. The number of H-pyrrole nitrogens is 1. The van der Waals surface area contributed by atoms with Crippen LogP contribution >= 0.6 is 0 Å². The highest BCUT2D eigenvalue weighted by Gasteiger charge is 2.16. The standard InChI is InChI=1S/C23H20N2O3S/c1-15-3-5-16(6-4-15)21-22(17-9-13-20(14-10-17)29(2,27)28)25-23(24-21)18-7-11-19(26)12-8-18/h3-14,26H,1-2H3,(H,24,25). The Morgan fingerprint density at radius 3 is 1.93 bits per heavy atom. The van der Waals surface area contributed by atoms with Crippen molar-refractivity contribution in [3.05, 3.63) is 78.4 Å². The maximum absolute atomic E-state index is 11.8. The zero-order chi connectivity index (χ0) is 20.6. The minimum Gasteiger partial charge on any atom is -0.508 e. The molecule has 5 nitrogen and oxygen atoms in total. The number of aromatic hydroxyl groups is 1. The second-order valence-electron chi connectivity index (χ2n) is 7.02. The topological polar surface area (TPSA) is 83.0 Å². The summed E-state index contributed by atoms with van der Waals surface area (Å²) in [6.45, 7) is 2.03. The maximum atomic E-state index is 11.8. The number of hydrogen-bond acceptors (Lipinski definition) is 4. The van der Waals surface area contributed by atoms with Gasteiger partial charge in [-0.3, -0.25) is 0 Å². The van der Waals surface area contributed by atoms with Crippen molar-refractivity contribution in [2.45, 2.75) is 11.8 Å². The Kier molecular flexibility index (Phi) is 4.72. The largest absolute Gasteiger partial charge is 0.508 e. The van der Waals surface area contributed by atoms with E-state index in [9.17, 15) is 13.5 Å². The van der Waals surface area contributed by atoms with E-state index < -0.39 is 9.84 Å². The number of aromatic amines is 1. The van der Waals surface area contributed by atoms with Gasteiger partial charge in [-0.1, -0.05) is 42.0 Å². The van der Waals surface area contributed by atoms with Gasteiger partial charge in [0.05, 0.1) is 16.3 Å². The van der Waals surface area contributed by atoms with Gasteiger partial charge < -0.3 is 10.1 Å². The molecular formula is C23H20N2O3S. The lowest BCUT2D eigenvalue weighted by molar-refractivity contribution is 0.475. The number of nitrogens with zero attached hydrogens (tertiary/aromatic N) is 1. The predicted octanol–water partition coefficient (Wildman–Crippen LogP) is 4.83. The number of aryl methyl sites for hydroxylation is 1. The van der Waals surface area contributed by atoms with Crippen molar-refractivity contribution in [2.75, 3.05) is 6.26 Å². The van der Waals surface area contributed by atoms with E-state index in [1.165, 1.54) is 6.26 Å².